The van der Waals surface area contributed by atoms with Crippen LogP contribution in [-0.4, -0.2) is 25.9 Å². The fraction of sp³-hybridized carbons (Fsp3) is 0.625. The first-order valence-electron chi connectivity index (χ1n) is 7.53. The van der Waals surface area contributed by atoms with Crippen LogP contribution in [0.2, 0.25) is 0 Å². The van der Waals surface area contributed by atoms with Gasteiger partial charge in [-0.15, -0.1) is 0 Å². The molecule has 0 amide bonds. The summed E-state index contributed by atoms with van der Waals surface area (Å²) in [6.45, 7) is 5.55. The Hall–Kier alpha value is -0.580. The summed E-state index contributed by atoms with van der Waals surface area (Å²) < 4.78 is 12.8. The molecule has 20 heavy (non-hydrogen) atoms. The fourth-order valence-corrected chi connectivity index (χ4v) is 2.89. The summed E-state index contributed by atoms with van der Waals surface area (Å²) in [6.07, 6.45) is 4.91. The molecule has 1 heterocycles. The van der Waals surface area contributed by atoms with Crippen molar-refractivity contribution in [2.75, 3.05) is 19.8 Å². The second kappa shape index (κ2) is 8.65. The van der Waals surface area contributed by atoms with E-state index in [0.717, 1.165) is 42.8 Å². The van der Waals surface area contributed by atoms with Crippen LogP contribution in [0.25, 0.3) is 0 Å². The molecule has 1 unspecified atom stereocenters. The van der Waals surface area contributed by atoms with Gasteiger partial charge in [0.25, 0.3) is 0 Å². The quantitative estimate of drug-likeness (QED) is 0.763. The number of halogens is 1. The molecule has 0 saturated carbocycles. The molecule has 1 aromatic rings. The smallest absolute Gasteiger partial charge is 0.138 e. The Bertz CT molecular complexity index is 405. The number of ether oxygens (including phenoxy) is 2. The van der Waals surface area contributed by atoms with Gasteiger partial charge in [0.15, 0.2) is 0 Å². The number of para-hydroxylation sites is 1. The summed E-state index contributed by atoms with van der Waals surface area (Å²) in [7, 11) is 0. The van der Waals surface area contributed by atoms with Gasteiger partial charge < -0.3 is 14.8 Å². The first-order valence-corrected chi connectivity index (χ1v) is 8.33. The maximum atomic E-state index is 6.03. The van der Waals surface area contributed by atoms with Crippen LogP contribution in [0.3, 0.4) is 0 Å². The van der Waals surface area contributed by atoms with Crippen LogP contribution >= 0.6 is 15.9 Å². The average molecular weight is 342 g/mol. The zero-order valence-corrected chi connectivity index (χ0v) is 13.7. The second-order valence-electron chi connectivity index (χ2n) is 5.20. The monoisotopic (exact) mass is 341 g/mol. The molecular formula is C16H24BrNO2. The summed E-state index contributed by atoms with van der Waals surface area (Å²) in [5.41, 5.74) is 1.20. The molecule has 1 aliphatic heterocycles. The van der Waals surface area contributed by atoms with Crippen molar-refractivity contribution < 1.29 is 9.47 Å². The van der Waals surface area contributed by atoms with Crippen molar-refractivity contribution in [1.29, 1.82) is 0 Å². The lowest BCUT2D eigenvalue weighted by molar-refractivity contribution is -0.0114. The lowest BCUT2D eigenvalue weighted by Gasteiger charge is -2.23. The minimum atomic E-state index is 0.243. The zero-order chi connectivity index (χ0) is 14.2. The zero-order valence-electron chi connectivity index (χ0n) is 12.2. The van der Waals surface area contributed by atoms with Gasteiger partial charge in [-0.3, -0.25) is 0 Å². The van der Waals surface area contributed by atoms with Gasteiger partial charge in [-0.25, -0.2) is 0 Å². The lowest BCUT2D eigenvalue weighted by Crippen LogP contribution is -2.26. The van der Waals surface area contributed by atoms with Crippen molar-refractivity contribution in [1.82, 2.24) is 5.32 Å². The summed E-state index contributed by atoms with van der Waals surface area (Å²) in [6, 6.07) is 6.20. The SMILES string of the molecule is CCCNCc1cccc(Br)c1OCC1CCCCO1. The van der Waals surface area contributed by atoms with E-state index in [0.29, 0.717) is 6.61 Å². The Morgan fingerprint density at radius 1 is 1.40 bits per heavy atom. The summed E-state index contributed by atoms with van der Waals surface area (Å²) >= 11 is 3.59. The first-order chi connectivity index (χ1) is 9.81. The van der Waals surface area contributed by atoms with E-state index in [9.17, 15) is 0 Å². The third kappa shape index (κ3) is 4.76. The highest BCUT2D eigenvalue weighted by Gasteiger charge is 2.16. The molecule has 1 aliphatic rings. The Labute approximate surface area is 130 Å². The topological polar surface area (TPSA) is 30.5 Å². The highest BCUT2D eigenvalue weighted by Crippen LogP contribution is 2.29. The predicted octanol–water partition coefficient (Wildman–Crippen LogP) is 3.90. The Morgan fingerprint density at radius 3 is 3.05 bits per heavy atom. The van der Waals surface area contributed by atoms with E-state index in [-0.39, 0.29) is 6.10 Å². The molecule has 0 radical (unpaired) electrons. The van der Waals surface area contributed by atoms with Crippen molar-refractivity contribution in [2.24, 2.45) is 0 Å². The molecule has 1 saturated heterocycles. The second-order valence-corrected chi connectivity index (χ2v) is 6.06. The number of hydrogen-bond donors (Lipinski definition) is 1. The molecule has 0 bridgehead atoms. The van der Waals surface area contributed by atoms with E-state index in [1.807, 2.05) is 6.07 Å². The molecule has 2 rings (SSSR count). The van der Waals surface area contributed by atoms with E-state index in [1.165, 1.54) is 18.4 Å². The summed E-state index contributed by atoms with van der Waals surface area (Å²) in [4.78, 5) is 0. The normalized spacial score (nSPS) is 19.0. The molecule has 3 nitrogen and oxygen atoms in total. The Morgan fingerprint density at radius 2 is 2.30 bits per heavy atom. The largest absolute Gasteiger partial charge is 0.489 e. The number of benzene rings is 1. The fourth-order valence-electron chi connectivity index (χ4n) is 2.37. The molecule has 112 valence electrons. The van der Waals surface area contributed by atoms with Crippen molar-refractivity contribution in [3.05, 3.63) is 28.2 Å². The lowest BCUT2D eigenvalue weighted by atomic mass is 10.1. The Kier molecular flexibility index (Phi) is 6.83. The maximum Gasteiger partial charge on any atom is 0.138 e. The third-order valence-electron chi connectivity index (χ3n) is 3.48. The van der Waals surface area contributed by atoms with Gasteiger partial charge >= 0.3 is 0 Å². The molecule has 1 fully saturated rings. The first kappa shape index (κ1) is 15.8. The van der Waals surface area contributed by atoms with Crippen LogP contribution in [0, 0.1) is 0 Å². The van der Waals surface area contributed by atoms with Crippen LogP contribution in [0.4, 0.5) is 0 Å². The summed E-state index contributed by atoms with van der Waals surface area (Å²) in [5, 5.41) is 3.42. The standard InChI is InChI=1S/C16H24BrNO2/c1-2-9-18-11-13-6-5-8-15(17)16(13)20-12-14-7-3-4-10-19-14/h5-6,8,14,18H,2-4,7,9-12H2,1H3. The molecule has 0 aliphatic carbocycles. The third-order valence-corrected chi connectivity index (χ3v) is 4.10. The minimum Gasteiger partial charge on any atom is -0.489 e. The summed E-state index contributed by atoms with van der Waals surface area (Å²) in [5.74, 6) is 0.949. The van der Waals surface area contributed by atoms with Crippen molar-refractivity contribution in [3.8, 4) is 5.75 Å². The van der Waals surface area contributed by atoms with Crippen LogP contribution < -0.4 is 10.1 Å². The number of hydrogen-bond acceptors (Lipinski definition) is 3. The predicted molar refractivity (Wildman–Crippen MR) is 85.2 cm³/mol. The highest BCUT2D eigenvalue weighted by atomic mass is 79.9. The van der Waals surface area contributed by atoms with Crippen LogP contribution in [0.1, 0.15) is 38.2 Å². The van der Waals surface area contributed by atoms with Crippen molar-refractivity contribution in [3.63, 3.8) is 0 Å². The number of rotatable bonds is 7. The molecule has 1 atom stereocenters. The van der Waals surface area contributed by atoms with Crippen LogP contribution in [0.15, 0.2) is 22.7 Å². The van der Waals surface area contributed by atoms with Crippen molar-refractivity contribution >= 4 is 15.9 Å². The van der Waals surface area contributed by atoms with E-state index >= 15 is 0 Å². The van der Waals surface area contributed by atoms with Crippen LogP contribution in [-0.2, 0) is 11.3 Å². The van der Waals surface area contributed by atoms with Gasteiger partial charge in [-0.05, 0) is 54.2 Å². The van der Waals surface area contributed by atoms with Gasteiger partial charge in [0.05, 0.1) is 10.6 Å². The van der Waals surface area contributed by atoms with E-state index in [1.54, 1.807) is 0 Å². The molecule has 1 aromatic carbocycles. The molecule has 4 heteroatoms. The Balaban J connectivity index is 1.93. The minimum absolute atomic E-state index is 0.243. The van der Waals surface area contributed by atoms with Crippen molar-refractivity contribution in [2.45, 2.75) is 45.3 Å². The molecular weight excluding hydrogens is 318 g/mol. The van der Waals surface area contributed by atoms with Crippen LogP contribution in [0.5, 0.6) is 5.75 Å². The van der Waals surface area contributed by atoms with E-state index in [2.05, 4.69) is 40.3 Å². The van der Waals surface area contributed by atoms with Gasteiger partial charge in [0, 0.05) is 18.7 Å². The molecule has 0 aromatic heterocycles. The maximum absolute atomic E-state index is 6.03. The number of nitrogens with one attached hydrogen (secondary N) is 1. The van der Waals surface area contributed by atoms with E-state index in [4.69, 9.17) is 9.47 Å². The van der Waals surface area contributed by atoms with Gasteiger partial charge in [-0.2, -0.15) is 0 Å². The van der Waals surface area contributed by atoms with Gasteiger partial charge in [0.2, 0.25) is 0 Å². The van der Waals surface area contributed by atoms with E-state index < -0.39 is 0 Å². The molecule has 0 spiro atoms. The highest BCUT2D eigenvalue weighted by molar-refractivity contribution is 9.10. The average Bonchev–Trinajstić information content (AvgIpc) is 2.48. The van der Waals surface area contributed by atoms with Gasteiger partial charge in [0.1, 0.15) is 12.4 Å². The molecule has 1 N–H and O–H groups in total. The van der Waals surface area contributed by atoms with Gasteiger partial charge in [-0.1, -0.05) is 19.1 Å².